The van der Waals surface area contributed by atoms with E-state index in [2.05, 4.69) is 49.9 Å². The Morgan fingerprint density at radius 1 is 1.17 bits per heavy atom. The molecule has 3 nitrogen and oxygen atoms in total. The maximum absolute atomic E-state index is 11.1. The summed E-state index contributed by atoms with van der Waals surface area (Å²) in [7, 11) is 1.43. The highest BCUT2D eigenvalue weighted by molar-refractivity contribution is 9.10. The zero-order chi connectivity index (χ0) is 16.5. The van der Waals surface area contributed by atoms with E-state index in [4.69, 9.17) is 0 Å². The molecule has 1 aromatic heterocycles. The number of carbonyl (C=O) groups excluding carboxylic acids is 1. The molecule has 1 aromatic carbocycles. The van der Waals surface area contributed by atoms with Crippen molar-refractivity contribution in [3.63, 3.8) is 0 Å². The summed E-state index contributed by atoms with van der Waals surface area (Å²) in [6.07, 6.45) is 9.06. The van der Waals surface area contributed by atoms with E-state index in [-0.39, 0.29) is 5.97 Å². The summed E-state index contributed by atoms with van der Waals surface area (Å²) in [6.45, 7) is 0. The number of methoxy groups -OCH3 is 1. The zero-order valence-electron chi connectivity index (χ0n) is 13.2. The molecule has 0 radical (unpaired) electrons. The Hall–Kier alpha value is -1.94. The van der Waals surface area contributed by atoms with E-state index >= 15 is 0 Å². The van der Waals surface area contributed by atoms with Crippen molar-refractivity contribution in [1.82, 2.24) is 4.98 Å². The number of nitrogens with zero attached hydrogens (tertiary/aromatic N) is 1. The molecule has 1 heterocycles. The van der Waals surface area contributed by atoms with Crippen LogP contribution in [0.1, 0.15) is 36.8 Å². The highest BCUT2D eigenvalue weighted by Gasteiger charge is 2.05. The first-order valence-electron chi connectivity index (χ1n) is 7.64. The van der Waals surface area contributed by atoms with Crippen LogP contribution in [0.15, 0.2) is 59.3 Å². The summed E-state index contributed by atoms with van der Waals surface area (Å²) >= 11 is 3.47. The van der Waals surface area contributed by atoms with E-state index in [0.717, 1.165) is 34.9 Å². The number of aromatic nitrogens is 1. The Kier molecular flexibility index (Phi) is 7.01. The van der Waals surface area contributed by atoms with Crippen molar-refractivity contribution in [2.24, 2.45) is 0 Å². The van der Waals surface area contributed by atoms with Crippen LogP contribution in [0.25, 0.3) is 5.57 Å². The molecule has 4 heteroatoms. The number of halogens is 1. The van der Waals surface area contributed by atoms with Crippen molar-refractivity contribution >= 4 is 27.5 Å². The van der Waals surface area contributed by atoms with Crippen LogP contribution in [-0.4, -0.2) is 18.1 Å². The molecule has 0 saturated carbocycles. The molecule has 0 amide bonds. The third kappa shape index (κ3) is 5.64. The van der Waals surface area contributed by atoms with Crippen molar-refractivity contribution in [1.29, 1.82) is 0 Å². The number of hydrogen-bond acceptors (Lipinski definition) is 3. The molecule has 2 aromatic rings. The third-order valence-corrected chi connectivity index (χ3v) is 4.07. The molecule has 0 aliphatic heterocycles. The van der Waals surface area contributed by atoms with Gasteiger partial charge in [-0.2, -0.15) is 0 Å². The molecule has 2 rings (SSSR count). The number of rotatable bonds is 7. The van der Waals surface area contributed by atoms with Crippen LogP contribution in [-0.2, 0) is 9.53 Å². The molecule has 0 atom stereocenters. The van der Waals surface area contributed by atoms with Gasteiger partial charge in [0, 0.05) is 28.9 Å². The van der Waals surface area contributed by atoms with E-state index in [1.54, 1.807) is 6.20 Å². The van der Waals surface area contributed by atoms with Crippen molar-refractivity contribution in [3.05, 3.63) is 70.5 Å². The van der Waals surface area contributed by atoms with E-state index in [9.17, 15) is 4.79 Å². The highest BCUT2D eigenvalue weighted by atomic mass is 79.9. The van der Waals surface area contributed by atoms with Crippen LogP contribution in [0.3, 0.4) is 0 Å². The first-order valence-corrected chi connectivity index (χ1v) is 8.43. The lowest BCUT2D eigenvalue weighted by Gasteiger charge is -2.09. The van der Waals surface area contributed by atoms with Crippen LogP contribution in [0, 0.1) is 0 Å². The van der Waals surface area contributed by atoms with E-state index in [1.807, 2.05) is 24.4 Å². The van der Waals surface area contributed by atoms with Gasteiger partial charge in [-0.25, -0.2) is 0 Å². The number of carbonyl (C=O) groups is 1. The summed E-state index contributed by atoms with van der Waals surface area (Å²) < 4.78 is 5.72. The standard InChI is InChI=1S/C19H20BrNO2/c1-23-19(22)8-4-2-3-7-18(16-6-5-13-21-14-16)15-9-11-17(20)12-10-15/h5-7,9-14H,2-4,8H2,1H3. The van der Waals surface area contributed by atoms with Gasteiger partial charge in [0.05, 0.1) is 7.11 Å². The van der Waals surface area contributed by atoms with Crippen molar-refractivity contribution in [2.45, 2.75) is 25.7 Å². The zero-order valence-corrected chi connectivity index (χ0v) is 14.8. The molecular weight excluding hydrogens is 354 g/mol. The summed E-state index contributed by atoms with van der Waals surface area (Å²) in [5, 5.41) is 0. The van der Waals surface area contributed by atoms with Crippen molar-refractivity contribution in [2.75, 3.05) is 7.11 Å². The van der Waals surface area contributed by atoms with Gasteiger partial charge in [0.1, 0.15) is 0 Å². The SMILES string of the molecule is COC(=O)CCCCC=C(c1ccc(Br)cc1)c1cccnc1. The van der Waals surface area contributed by atoms with Gasteiger partial charge < -0.3 is 4.74 Å². The van der Waals surface area contributed by atoms with Gasteiger partial charge in [-0.05, 0) is 48.6 Å². The molecule has 23 heavy (non-hydrogen) atoms. The fraction of sp³-hybridized carbons (Fsp3) is 0.263. The molecular formula is C19H20BrNO2. The van der Waals surface area contributed by atoms with E-state index in [1.165, 1.54) is 12.7 Å². The summed E-state index contributed by atoms with van der Waals surface area (Å²) in [4.78, 5) is 15.3. The minimum Gasteiger partial charge on any atom is -0.469 e. The minimum absolute atomic E-state index is 0.144. The van der Waals surface area contributed by atoms with Gasteiger partial charge in [0.2, 0.25) is 0 Å². The van der Waals surface area contributed by atoms with Crippen LogP contribution in [0.2, 0.25) is 0 Å². The lowest BCUT2D eigenvalue weighted by molar-refractivity contribution is -0.140. The number of hydrogen-bond donors (Lipinski definition) is 0. The summed E-state index contributed by atoms with van der Waals surface area (Å²) in [5.74, 6) is -0.144. The largest absolute Gasteiger partial charge is 0.469 e. The summed E-state index contributed by atoms with van der Waals surface area (Å²) in [5.41, 5.74) is 3.43. The molecule has 0 N–H and O–H groups in total. The topological polar surface area (TPSA) is 39.2 Å². The molecule has 0 bridgehead atoms. The van der Waals surface area contributed by atoms with Crippen LogP contribution >= 0.6 is 15.9 Å². The smallest absolute Gasteiger partial charge is 0.305 e. The fourth-order valence-corrected chi connectivity index (χ4v) is 2.58. The molecule has 0 spiro atoms. The van der Waals surface area contributed by atoms with E-state index in [0.29, 0.717) is 6.42 Å². The van der Waals surface area contributed by atoms with Gasteiger partial charge in [-0.1, -0.05) is 40.2 Å². The lowest BCUT2D eigenvalue weighted by Crippen LogP contribution is -1.99. The van der Waals surface area contributed by atoms with Gasteiger partial charge in [0.25, 0.3) is 0 Å². The number of esters is 1. The van der Waals surface area contributed by atoms with Gasteiger partial charge in [-0.15, -0.1) is 0 Å². The quantitative estimate of drug-likeness (QED) is 0.505. The van der Waals surface area contributed by atoms with E-state index < -0.39 is 0 Å². The fourth-order valence-electron chi connectivity index (χ4n) is 2.32. The molecule has 0 aliphatic rings. The van der Waals surface area contributed by atoms with Gasteiger partial charge >= 0.3 is 5.97 Å². The molecule has 0 fully saturated rings. The number of allylic oxidation sites excluding steroid dienone is 1. The highest BCUT2D eigenvalue weighted by Crippen LogP contribution is 2.25. The molecule has 120 valence electrons. The van der Waals surface area contributed by atoms with Crippen molar-refractivity contribution in [3.8, 4) is 0 Å². The summed E-state index contributed by atoms with van der Waals surface area (Å²) in [6, 6.07) is 12.3. The maximum Gasteiger partial charge on any atom is 0.305 e. The molecule has 0 aliphatic carbocycles. The van der Waals surface area contributed by atoms with Crippen molar-refractivity contribution < 1.29 is 9.53 Å². The Morgan fingerprint density at radius 2 is 1.96 bits per heavy atom. The van der Waals surface area contributed by atoms with Crippen LogP contribution in [0.4, 0.5) is 0 Å². The number of benzene rings is 1. The average molecular weight is 374 g/mol. The third-order valence-electron chi connectivity index (χ3n) is 3.54. The Balaban J connectivity index is 2.09. The minimum atomic E-state index is -0.144. The second-order valence-corrected chi connectivity index (χ2v) is 6.10. The first-order chi connectivity index (χ1) is 11.2. The first kappa shape index (κ1) is 17.4. The van der Waals surface area contributed by atoms with Crippen LogP contribution in [0.5, 0.6) is 0 Å². The molecule has 0 saturated heterocycles. The normalized spacial score (nSPS) is 11.3. The molecule has 0 unspecified atom stereocenters. The average Bonchev–Trinajstić information content (AvgIpc) is 2.59. The van der Waals surface area contributed by atoms with Gasteiger partial charge in [0.15, 0.2) is 0 Å². The maximum atomic E-state index is 11.1. The second kappa shape index (κ2) is 9.26. The Bertz CT molecular complexity index is 651. The predicted octanol–water partition coefficient (Wildman–Crippen LogP) is 5.01. The number of pyridine rings is 1. The predicted molar refractivity (Wildman–Crippen MR) is 95.9 cm³/mol. The van der Waals surface area contributed by atoms with Crippen LogP contribution < -0.4 is 0 Å². The number of unbranched alkanes of at least 4 members (excludes halogenated alkanes) is 2. The lowest BCUT2D eigenvalue weighted by atomic mass is 9.97. The monoisotopic (exact) mass is 373 g/mol. The van der Waals surface area contributed by atoms with Gasteiger partial charge in [-0.3, -0.25) is 9.78 Å². The second-order valence-electron chi connectivity index (χ2n) is 5.19. The number of ether oxygens (including phenoxy) is 1. The Labute approximate surface area is 145 Å². The Morgan fingerprint density at radius 3 is 2.61 bits per heavy atom.